The maximum atomic E-state index is 12.1. The van der Waals surface area contributed by atoms with Gasteiger partial charge < -0.3 is 15.0 Å². The largest absolute Gasteiger partial charge is 0.444 e. The summed E-state index contributed by atoms with van der Waals surface area (Å²) in [5.41, 5.74) is -0.415. The zero-order chi connectivity index (χ0) is 14.8. The first-order valence-corrected chi connectivity index (χ1v) is 7.77. The second-order valence-electron chi connectivity index (χ2n) is 7.00. The first kappa shape index (κ1) is 15.6. The lowest BCUT2D eigenvalue weighted by atomic mass is 10.1. The van der Waals surface area contributed by atoms with Gasteiger partial charge >= 0.3 is 6.09 Å². The number of carbonyl (C=O) groups excluding carboxylic acids is 1. The van der Waals surface area contributed by atoms with E-state index in [2.05, 4.69) is 10.2 Å². The van der Waals surface area contributed by atoms with Gasteiger partial charge in [-0.25, -0.2) is 4.79 Å². The third kappa shape index (κ3) is 4.09. The van der Waals surface area contributed by atoms with E-state index >= 15 is 0 Å². The van der Waals surface area contributed by atoms with Crippen LogP contribution in [0, 0.1) is 0 Å². The van der Waals surface area contributed by atoms with E-state index in [1.165, 1.54) is 6.42 Å². The van der Waals surface area contributed by atoms with E-state index in [-0.39, 0.29) is 6.09 Å². The highest BCUT2D eigenvalue weighted by atomic mass is 16.6. The third-order valence-corrected chi connectivity index (χ3v) is 4.27. The molecule has 1 heterocycles. The number of piperazine rings is 1. The van der Waals surface area contributed by atoms with Gasteiger partial charge in [-0.2, -0.15) is 0 Å². The highest BCUT2D eigenvalue weighted by Gasteiger charge is 2.34. The van der Waals surface area contributed by atoms with Crippen LogP contribution in [-0.2, 0) is 4.74 Å². The van der Waals surface area contributed by atoms with Crippen LogP contribution in [0.1, 0.15) is 40.0 Å². The summed E-state index contributed by atoms with van der Waals surface area (Å²) in [7, 11) is 1.87. The predicted molar refractivity (Wildman–Crippen MR) is 79.9 cm³/mol. The molecule has 2 rings (SSSR count). The maximum Gasteiger partial charge on any atom is 0.410 e. The Morgan fingerprint density at radius 2 is 1.90 bits per heavy atom. The Kier molecular flexibility index (Phi) is 4.91. The van der Waals surface area contributed by atoms with Crippen molar-refractivity contribution in [2.24, 2.45) is 0 Å². The van der Waals surface area contributed by atoms with Crippen LogP contribution in [0.25, 0.3) is 0 Å². The van der Waals surface area contributed by atoms with Crippen molar-refractivity contribution in [3.05, 3.63) is 0 Å². The van der Waals surface area contributed by atoms with E-state index in [4.69, 9.17) is 4.74 Å². The van der Waals surface area contributed by atoms with Gasteiger partial charge in [0.05, 0.1) is 0 Å². The molecular weight excluding hydrogens is 254 g/mol. The highest BCUT2D eigenvalue weighted by molar-refractivity contribution is 5.68. The lowest BCUT2D eigenvalue weighted by Gasteiger charge is -2.33. The molecule has 0 aromatic heterocycles. The molecule has 1 saturated carbocycles. The van der Waals surface area contributed by atoms with E-state index in [1.807, 2.05) is 27.8 Å². The van der Waals surface area contributed by atoms with Crippen molar-refractivity contribution in [1.29, 1.82) is 0 Å². The van der Waals surface area contributed by atoms with Gasteiger partial charge in [-0.1, -0.05) is 0 Å². The number of carbonyl (C=O) groups is 1. The smallest absolute Gasteiger partial charge is 0.410 e. The zero-order valence-corrected chi connectivity index (χ0v) is 13.3. The minimum absolute atomic E-state index is 0.191. The van der Waals surface area contributed by atoms with Crippen LogP contribution in [0.2, 0.25) is 0 Å². The number of hydrogen-bond acceptors (Lipinski definition) is 4. The molecule has 0 unspecified atom stereocenters. The van der Waals surface area contributed by atoms with Crippen molar-refractivity contribution in [2.45, 2.75) is 57.7 Å². The molecule has 20 heavy (non-hydrogen) atoms. The number of nitrogens with zero attached hydrogens (tertiary/aromatic N) is 2. The standard InChI is InChI=1S/C15H29N3O2/c1-15(2,3)20-14(19)17(4)12-5-6-13(11-12)18-9-7-16-8-10-18/h12-13,16H,5-11H2,1-4H3/t12-,13+/m1/s1. The molecule has 1 aliphatic heterocycles. The monoisotopic (exact) mass is 283 g/mol. The van der Waals surface area contributed by atoms with Crippen LogP contribution in [0.5, 0.6) is 0 Å². The van der Waals surface area contributed by atoms with Crippen LogP contribution in [-0.4, -0.2) is 66.8 Å². The molecular formula is C15H29N3O2. The van der Waals surface area contributed by atoms with E-state index in [0.29, 0.717) is 12.1 Å². The molecule has 0 aromatic rings. The average Bonchev–Trinajstić information content (AvgIpc) is 2.86. The van der Waals surface area contributed by atoms with E-state index < -0.39 is 5.60 Å². The Balaban J connectivity index is 1.83. The SMILES string of the molecule is CN(C(=O)OC(C)(C)C)[C@@H]1CC[C@H](N2CCNCC2)C1. The maximum absolute atomic E-state index is 12.1. The average molecular weight is 283 g/mol. The quantitative estimate of drug-likeness (QED) is 0.837. The van der Waals surface area contributed by atoms with Gasteiger partial charge in [0.15, 0.2) is 0 Å². The predicted octanol–water partition coefficient (Wildman–Crippen LogP) is 1.68. The van der Waals surface area contributed by atoms with Crippen molar-refractivity contribution < 1.29 is 9.53 Å². The molecule has 0 bridgehead atoms. The Hall–Kier alpha value is -0.810. The minimum atomic E-state index is -0.415. The van der Waals surface area contributed by atoms with Gasteiger partial charge in [-0.3, -0.25) is 4.90 Å². The third-order valence-electron chi connectivity index (χ3n) is 4.27. The lowest BCUT2D eigenvalue weighted by molar-refractivity contribution is 0.0219. The summed E-state index contributed by atoms with van der Waals surface area (Å²) in [5.74, 6) is 0. The topological polar surface area (TPSA) is 44.8 Å². The summed E-state index contributed by atoms with van der Waals surface area (Å²) in [5, 5.41) is 3.39. The Bertz CT molecular complexity index is 335. The van der Waals surface area contributed by atoms with Gasteiger partial charge in [0, 0.05) is 45.3 Å². The summed E-state index contributed by atoms with van der Waals surface area (Å²) in [6.07, 6.45) is 3.17. The van der Waals surface area contributed by atoms with Crippen LogP contribution < -0.4 is 5.32 Å². The summed E-state index contributed by atoms with van der Waals surface area (Å²) in [4.78, 5) is 16.5. The van der Waals surface area contributed by atoms with Crippen molar-refractivity contribution in [1.82, 2.24) is 15.1 Å². The molecule has 1 N–H and O–H groups in total. The van der Waals surface area contributed by atoms with Crippen molar-refractivity contribution in [3.63, 3.8) is 0 Å². The lowest BCUT2D eigenvalue weighted by Crippen LogP contribution is -2.48. The molecule has 2 atom stereocenters. The number of hydrogen-bond donors (Lipinski definition) is 1. The molecule has 0 spiro atoms. The summed E-state index contributed by atoms with van der Waals surface area (Å²) in [6.45, 7) is 10.2. The van der Waals surface area contributed by atoms with Gasteiger partial charge in [0.25, 0.3) is 0 Å². The van der Waals surface area contributed by atoms with Crippen LogP contribution in [0.3, 0.4) is 0 Å². The van der Waals surface area contributed by atoms with Gasteiger partial charge in [0.1, 0.15) is 5.60 Å². The first-order chi connectivity index (χ1) is 9.37. The summed E-state index contributed by atoms with van der Waals surface area (Å²) >= 11 is 0. The van der Waals surface area contributed by atoms with Gasteiger partial charge in [-0.05, 0) is 40.0 Å². The minimum Gasteiger partial charge on any atom is -0.444 e. The summed E-state index contributed by atoms with van der Waals surface area (Å²) in [6, 6.07) is 0.955. The fraction of sp³-hybridized carbons (Fsp3) is 0.933. The highest BCUT2D eigenvalue weighted by Crippen LogP contribution is 2.28. The zero-order valence-electron chi connectivity index (χ0n) is 13.3. The second-order valence-corrected chi connectivity index (χ2v) is 7.00. The number of ether oxygens (including phenoxy) is 1. The normalized spacial score (nSPS) is 28.4. The molecule has 5 nitrogen and oxygen atoms in total. The molecule has 116 valence electrons. The molecule has 1 saturated heterocycles. The molecule has 2 fully saturated rings. The van der Waals surface area contributed by atoms with E-state index in [9.17, 15) is 4.79 Å². The van der Waals surface area contributed by atoms with E-state index in [1.54, 1.807) is 4.90 Å². The van der Waals surface area contributed by atoms with E-state index in [0.717, 1.165) is 39.0 Å². The van der Waals surface area contributed by atoms with Gasteiger partial charge in [-0.15, -0.1) is 0 Å². The van der Waals surface area contributed by atoms with Crippen molar-refractivity contribution >= 4 is 6.09 Å². The molecule has 2 aliphatic rings. The fourth-order valence-corrected chi connectivity index (χ4v) is 3.15. The fourth-order valence-electron chi connectivity index (χ4n) is 3.15. The second kappa shape index (κ2) is 6.31. The number of rotatable bonds is 2. The summed E-state index contributed by atoms with van der Waals surface area (Å²) < 4.78 is 5.46. The molecule has 0 aromatic carbocycles. The molecule has 1 aliphatic carbocycles. The van der Waals surface area contributed by atoms with Crippen LogP contribution >= 0.6 is 0 Å². The van der Waals surface area contributed by atoms with Crippen molar-refractivity contribution in [3.8, 4) is 0 Å². The van der Waals surface area contributed by atoms with Crippen LogP contribution in [0.4, 0.5) is 4.79 Å². The van der Waals surface area contributed by atoms with Crippen LogP contribution in [0.15, 0.2) is 0 Å². The number of nitrogens with one attached hydrogen (secondary N) is 1. The molecule has 0 radical (unpaired) electrons. The Morgan fingerprint density at radius 1 is 1.25 bits per heavy atom. The Morgan fingerprint density at radius 3 is 2.50 bits per heavy atom. The Labute approximate surface area is 122 Å². The number of amides is 1. The first-order valence-electron chi connectivity index (χ1n) is 7.77. The molecule has 5 heteroatoms. The molecule has 1 amide bonds. The van der Waals surface area contributed by atoms with Crippen molar-refractivity contribution in [2.75, 3.05) is 33.2 Å². The van der Waals surface area contributed by atoms with Gasteiger partial charge in [0.2, 0.25) is 0 Å².